The highest BCUT2D eigenvalue weighted by Gasteiger charge is 2.18. The van der Waals surface area contributed by atoms with Crippen LogP contribution in [0.3, 0.4) is 0 Å². The highest BCUT2D eigenvalue weighted by molar-refractivity contribution is 6.08. The number of rotatable bonds is 6. The molecule has 0 radical (unpaired) electrons. The minimum Gasteiger partial charge on any atom is -0.449 e. The fraction of sp³-hybridized carbons (Fsp3) is 0.115. The maximum absolute atomic E-state index is 14.1. The Morgan fingerprint density at radius 3 is 2.38 bits per heavy atom. The van der Waals surface area contributed by atoms with Gasteiger partial charge in [0.25, 0.3) is 5.91 Å². The van der Waals surface area contributed by atoms with Crippen molar-refractivity contribution in [2.75, 3.05) is 23.9 Å². The number of amides is 2. The second-order valence-electron chi connectivity index (χ2n) is 7.31. The molecule has 0 saturated carbocycles. The lowest BCUT2D eigenvalue weighted by molar-refractivity contribution is 0.102. The van der Waals surface area contributed by atoms with Crippen LogP contribution in [0.15, 0.2) is 83.4 Å². The van der Waals surface area contributed by atoms with Gasteiger partial charge in [-0.3, -0.25) is 9.69 Å². The molecule has 34 heavy (non-hydrogen) atoms. The van der Waals surface area contributed by atoms with Crippen molar-refractivity contribution in [2.24, 2.45) is 0 Å². The topological polar surface area (TPSA) is 84.7 Å². The molecule has 3 aromatic carbocycles. The molecule has 0 unspecified atom stereocenters. The number of halogens is 1. The zero-order chi connectivity index (χ0) is 24.1. The average Bonchev–Trinajstić information content (AvgIpc) is 3.34. The Balaban J connectivity index is 1.54. The number of carbonyl (C=O) groups is 2. The molecule has 8 heteroatoms. The molecule has 1 aromatic heterocycles. The normalized spacial score (nSPS) is 10.6. The van der Waals surface area contributed by atoms with Gasteiger partial charge in [-0.25, -0.2) is 14.2 Å². The zero-order valence-electron chi connectivity index (χ0n) is 18.6. The first-order valence-electron chi connectivity index (χ1n) is 10.6. The molecule has 2 amide bonds. The molecule has 0 atom stereocenters. The van der Waals surface area contributed by atoms with E-state index in [4.69, 9.17) is 9.15 Å². The van der Waals surface area contributed by atoms with E-state index >= 15 is 0 Å². The van der Waals surface area contributed by atoms with E-state index in [2.05, 4.69) is 10.3 Å². The number of hydrogen-bond acceptors (Lipinski definition) is 5. The molecule has 172 valence electrons. The lowest BCUT2D eigenvalue weighted by atomic mass is 10.1. The van der Waals surface area contributed by atoms with Crippen molar-refractivity contribution < 1.29 is 23.1 Å². The Hall–Kier alpha value is -4.46. The van der Waals surface area contributed by atoms with Crippen molar-refractivity contribution in [1.82, 2.24) is 4.98 Å². The molecular weight excluding hydrogens is 437 g/mol. The van der Waals surface area contributed by atoms with E-state index in [1.165, 1.54) is 17.2 Å². The SMILES string of the molecule is CCOC(=O)N(C)c1ccc(NC(=O)c2ccccc2-c2ncc(-c3ccccc3F)o2)cc1. The third-order valence-electron chi connectivity index (χ3n) is 5.10. The van der Waals surface area contributed by atoms with Gasteiger partial charge in [-0.2, -0.15) is 0 Å². The fourth-order valence-electron chi connectivity index (χ4n) is 3.34. The van der Waals surface area contributed by atoms with E-state index in [1.807, 2.05) is 0 Å². The van der Waals surface area contributed by atoms with Gasteiger partial charge < -0.3 is 14.5 Å². The number of benzene rings is 3. The van der Waals surface area contributed by atoms with Gasteiger partial charge in [-0.15, -0.1) is 0 Å². The predicted molar refractivity (Wildman–Crippen MR) is 127 cm³/mol. The minimum atomic E-state index is -0.464. The lowest BCUT2D eigenvalue weighted by Crippen LogP contribution is -2.26. The maximum Gasteiger partial charge on any atom is 0.413 e. The number of oxazole rings is 1. The van der Waals surface area contributed by atoms with E-state index in [1.54, 1.807) is 80.7 Å². The molecule has 4 rings (SSSR count). The summed E-state index contributed by atoms with van der Waals surface area (Å²) in [6.07, 6.45) is 0.968. The third-order valence-corrected chi connectivity index (χ3v) is 5.10. The maximum atomic E-state index is 14.1. The number of nitrogens with one attached hydrogen (secondary N) is 1. The minimum absolute atomic E-state index is 0.204. The average molecular weight is 459 g/mol. The van der Waals surface area contributed by atoms with Gasteiger partial charge in [-0.1, -0.05) is 24.3 Å². The van der Waals surface area contributed by atoms with Crippen LogP contribution >= 0.6 is 0 Å². The van der Waals surface area contributed by atoms with E-state index in [-0.39, 0.29) is 29.7 Å². The molecule has 0 bridgehead atoms. The van der Waals surface area contributed by atoms with Crippen LogP contribution in [-0.2, 0) is 4.74 Å². The molecule has 0 aliphatic carbocycles. The van der Waals surface area contributed by atoms with Crippen LogP contribution < -0.4 is 10.2 Å². The molecule has 4 aromatic rings. The van der Waals surface area contributed by atoms with Gasteiger partial charge in [0.05, 0.1) is 23.9 Å². The molecule has 0 spiro atoms. The summed E-state index contributed by atoms with van der Waals surface area (Å²) >= 11 is 0. The van der Waals surface area contributed by atoms with Crippen molar-refractivity contribution in [1.29, 1.82) is 0 Å². The Morgan fingerprint density at radius 1 is 1.00 bits per heavy atom. The molecule has 0 aliphatic heterocycles. The van der Waals surface area contributed by atoms with Crippen LogP contribution in [0, 0.1) is 5.82 Å². The number of hydrogen-bond donors (Lipinski definition) is 1. The van der Waals surface area contributed by atoms with Gasteiger partial charge in [0, 0.05) is 24.0 Å². The van der Waals surface area contributed by atoms with E-state index in [0.29, 0.717) is 22.5 Å². The Labute approximate surface area is 195 Å². The van der Waals surface area contributed by atoms with E-state index in [0.717, 1.165) is 0 Å². The summed E-state index contributed by atoms with van der Waals surface area (Å²) in [6.45, 7) is 2.02. The van der Waals surface area contributed by atoms with Crippen LogP contribution in [-0.4, -0.2) is 30.6 Å². The van der Waals surface area contributed by atoms with Crippen molar-refractivity contribution in [2.45, 2.75) is 6.92 Å². The Morgan fingerprint density at radius 2 is 1.68 bits per heavy atom. The first kappa shape index (κ1) is 22.7. The van der Waals surface area contributed by atoms with Gasteiger partial charge in [-0.05, 0) is 55.5 Å². The van der Waals surface area contributed by atoms with Crippen LogP contribution in [0.25, 0.3) is 22.8 Å². The number of anilines is 2. The van der Waals surface area contributed by atoms with Crippen LogP contribution in [0.2, 0.25) is 0 Å². The van der Waals surface area contributed by atoms with Crippen LogP contribution in [0.5, 0.6) is 0 Å². The molecule has 0 aliphatic rings. The summed E-state index contributed by atoms with van der Waals surface area (Å²) in [6, 6.07) is 19.9. The van der Waals surface area contributed by atoms with Crippen LogP contribution in [0.1, 0.15) is 17.3 Å². The zero-order valence-corrected chi connectivity index (χ0v) is 18.6. The number of ether oxygens (including phenoxy) is 1. The van der Waals surface area contributed by atoms with Gasteiger partial charge in [0.2, 0.25) is 5.89 Å². The molecule has 1 N–H and O–H groups in total. The quantitative estimate of drug-likeness (QED) is 0.383. The van der Waals surface area contributed by atoms with E-state index in [9.17, 15) is 14.0 Å². The largest absolute Gasteiger partial charge is 0.449 e. The van der Waals surface area contributed by atoms with Crippen LogP contribution in [0.4, 0.5) is 20.6 Å². The molecular formula is C26H22FN3O4. The summed E-state index contributed by atoms with van der Waals surface area (Å²) in [5.74, 6) is -0.318. The standard InChI is InChI=1S/C26H22FN3O4/c1-3-33-26(32)30(2)18-14-12-17(13-15-18)29-24(31)19-8-4-5-9-20(19)25-28-16-23(34-25)21-10-6-7-11-22(21)27/h4-16H,3H2,1-2H3,(H,29,31). The van der Waals surface area contributed by atoms with Crippen molar-refractivity contribution in [3.63, 3.8) is 0 Å². The number of aromatic nitrogens is 1. The van der Waals surface area contributed by atoms with Crippen molar-refractivity contribution >= 4 is 23.4 Å². The summed E-state index contributed by atoms with van der Waals surface area (Å²) in [5.41, 5.74) is 2.27. The van der Waals surface area contributed by atoms with E-state index < -0.39 is 11.9 Å². The fourth-order valence-corrected chi connectivity index (χ4v) is 3.34. The number of carbonyl (C=O) groups excluding carboxylic acids is 2. The van der Waals surface area contributed by atoms with Gasteiger partial charge in [0.1, 0.15) is 5.82 Å². The van der Waals surface area contributed by atoms with Crippen molar-refractivity contribution in [3.8, 4) is 22.8 Å². The van der Waals surface area contributed by atoms with Gasteiger partial charge >= 0.3 is 6.09 Å². The number of nitrogens with zero attached hydrogens (tertiary/aromatic N) is 2. The monoisotopic (exact) mass is 459 g/mol. The summed E-state index contributed by atoms with van der Waals surface area (Å²) in [5, 5.41) is 2.83. The molecule has 7 nitrogen and oxygen atoms in total. The first-order valence-corrected chi connectivity index (χ1v) is 10.6. The second-order valence-corrected chi connectivity index (χ2v) is 7.31. The smallest absolute Gasteiger partial charge is 0.413 e. The first-order chi connectivity index (χ1) is 16.5. The Kier molecular flexibility index (Phi) is 6.68. The summed E-state index contributed by atoms with van der Waals surface area (Å²) in [7, 11) is 1.60. The molecule has 0 fully saturated rings. The highest BCUT2D eigenvalue weighted by Crippen LogP contribution is 2.30. The van der Waals surface area contributed by atoms with Crippen molar-refractivity contribution in [3.05, 3.63) is 90.4 Å². The highest BCUT2D eigenvalue weighted by atomic mass is 19.1. The predicted octanol–water partition coefficient (Wildman–Crippen LogP) is 5.99. The second kappa shape index (κ2) is 9.99. The molecule has 0 saturated heterocycles. The third kappa shape index (κ3) is 4.80. The Bertz CT molecular complexity index is 1320. The summed E-state index contributed by atoms with van der Waals surface area (Å²) < 4.78 is 24.9. The molecule has 1 heterocycles. The lowest BCUT2D eigenvalue weighted by Gasteiger charge is -2.17. The van der Waals surface area contributed by atoms with Gasteiger partial charge in [0.15, 0.2) is 5.76 Å². The summed E-state index contributed by atoms with van der Waals surface area (Å²) in [4.78, 5) is 30.5.